The van der Waals surface area contributed by atoms with Crippen LogP contribution in [0.1, 0.15) is 0 Å². The Labute approximate surface area is 348 Å². The fourth-order valence-corrected chi connectivity index (χ4v) is 8.78. The van der Waals surface area contributed by atoms with Gasteiger partial charge in [-0.05, 0) is 118 Å². The highest BCUT2D eigenvalue weighted by atomic mass is 16.3. The highest BCUT2D eigenvalue weighted by Gasteiger charge is 2.22. The van der Waals surface area contributed by atoms with Gasteiger partial charge in [0, 0.05) is 50.3 Å². The SMILES string of the molecule is Oc1ccc(N(c2ccccc2)c2ccc3c(c2)c2ccc4ccccc4c2n3-c2ccccc2)cc1N(c1ccccc1)c1ccc(-c2ccc3ccccc3c2)cc1. The molecule has 0 aliphatic carbocycles. The average Bonchev–Trinajstić information content (AvgIpc) is 3.65. The lowest BCUT2D eigenvalue weighted by atomic mass is 10.0. The summed E-state index contributed by atoms with van der Waals surface area (Å²) in [5, 5.41) is 19.0. The summed E-state index contributed by atoms with van der Waals surface area (Å²) in [5.74, 6) is 0.183. The van der Waals surface area contributed by atoms with E-state index in [1.807, 2.05) is 36.4 Å². The van der Waals surface area contributed by atoms with Crippen molar-refractivity contribution >= 4 is 77.5 Å². The maximum Gasteiger partial charge on any atom is 0.139 e. The highest BCUT2D eigenvalue weighted by molar-refractivity contribution is 6.19. The number of rotatable bonds is 8. The summed E-state index contributed by atoms with van der Waals surface area (Å²) in [4.78, 5) is 4.41. The van der Waals surface area contributed by atoms with Crippen molar-refractivity contribution in [1.29, 1.82) is 0 Å². The van der Waals surface area contributed by atoms with E-state index in [1.165, 1.54) is 32.4 Å². The van der Waals surface area contributed by atoms with Crippen molar-refractivity contribution < 1.29 is 5.11 Å². The van der Waals surface area contributed by atoms with E-state index < -0.39 is 0 Å². The summed E-state index contributed by atoms with van der Waals surface area (Å²) in [6.45, 7) is 0. The van der Waals surface area contributed by atoms with Crippen molar-refractivity contribution in [3.8, 4) is 22.6 Å². The molecule has 1 heterocycles. The molecule has 1 N–H and O–H groups in total. The van der Waals surface area contributed by atoms with E-state index in [0.717, 1.165) is 56.2 Å². The number of hydrogen-bond donors (Lipinski definition) is 1. The predicted octanol–water partition coefficient (Wildman–Crippen LogP) is 15.4. The van der Waals surface area contributed by atoms with Gasteiger partial charge in [-0.25, -0.2) is 0 Å². The molecular formula is C56H39N3O. The normalized spacial score (nSPS) is 11.4. The Morgan fingerprint density at radius 3 is 1.63 bits per heavy atom. The number of anilines is 6. The second-order valence-corrected chi connectivity index (χ2v) is 15.2. The molecule has 0 bridgehead atoms. The first-order valence-corrected chi connectivity index (χ1v) is 20.3. The van der Waals surface area contributed by atoms with Gasteiger partial charge in [-0.1, -0.05) is 140 Å². The molecule has 0 saturated carbocycles. The van der Waals surface area contributed by atoms with Gasteiger partial charge in [-0.2, -0.15) is 0 Å². The molecule has 11 aromatic rings. The first kappa shape index (κ1) is 35.1. The zero-order valence-electron chi connectivity index (χ0n) is 32.7. The lowest BCUT2D eigenvalue weighted by molar-refractivity contribution is 0.476. The molecule has 0 fully saturated rings. The first-order chi connectivity index (χ1) is 29.7. The van der Waals surface area contributed by atoms with E-state index in [-0.39, 0.29) is 5.75 Å². The molecule has 0 atom stereocenters. The minimum Gasteiger partial charge on any atom is -0.506 e. The summed E-state index contributed by atoms with van der Waals surface area (Å²) in [7, 11) is 0. The van der Waals surface area contributed by atoms with Crippen LogP contribution in [0.5, 0.6) is 5.75 Å². The largest absolute Gasteiger partial charge is 0.506 e. The number of aromatic hydroxyl groups is 1. The number of fused-ring (bicyclic) bond motifs is 6. The van der Waals surface area contributed by atoms with Crippen molar-refractivity contribution in [2.24, 2.45) is 0 Å². The minimum absolute atomic E-state index is 0.183. The van der Waals surface area contributed by atoms with Crippen LogP contribution in [0.15, 0.2) is 231 Å². The molecule has 4 nitrogen and oxygen atoms in total. The van der Waals surface area contributed by atoms with Gasteiger partial charge in [0.25, 0.3) is 0 Å². The van der Waals surface area contributed by atoms with Crippen molar-refractivity contribution in [1.82, 2.24) is 4.57 Å². The molecule has 0 unspecified atom stereocenters. The third kappa shape index (κ3) is 6.10. The lowest BCUT2D eigenvalue weighted by Gasteiger charge is -2.30. The van der Waals surface area contributed by atoms with Crippen LogP contribution in [0.2, 0.25) is 0 Å². The molecule has 1 aromatic heterocycles. The Hall–Kier alpha value is -8.08. The van der Waals surface area contributed by atoms with Gasteiger partial charge in [-0.15, -0.1) is 0 Å². The number of phenolic OH excluding ortho intramolecular Hbond substituents is 1. The zero-order valence-corrected chi connectivity index (χ0v) is 32.7. The van der Waals surface area contributed by atoms with Gasteiger partial charge >= 0.3 is 0 Å². The Morgan fingerprint density at radius 1 is 0.333 bits per heavy atom. The summed E-state index contributed by atoms with van der Waals surface area (Å²) in [6.07, 6.45) is 0. The smallest absolute Gasteiger partial charge is 0.139 e. The first-order valence-electron chi connectivity index (χ1n) is 20.3. The molecule has 11 rings (SSSR count). The maximum atomic E-state index is 11.8. The summed E-state index contributed by atoms with van der Waals surface area (Å²) in [6, 6.07) is 80.8. The van der Waals surface area contributed by atoms with E-state index in [4.69, 9.17) is 0 Å². The van der Waals surface area contributed by atoms with Crippen LogP contribution in [0.4, 0.5) is 34.1 Å². The number of benzene rings is 10. The fraction of sp³-hybridized carbons (Fsp3) is 0. The predicted molar refractivity (Wildman–Crippen MR) is 252 cm³/mol. The van der Waals surface area contributed by atoms with Crippen LogP contribution in [0.3, 0.4) is 0 Å². The second-order valence-electron chi connectivity index (χ2n) is 15.2. The fourth-order valence-electron chi connectivity index (χ4n) is 8.78. The summed E-state index contributed by atoms with van der Waals surface area (Å²) < 4.78 is 2.39. The zero-order chi connectivity index (χ0) is 40.0. The lowest BCUT2D eigenvalue weighted by Crippen LogP contribution is -2.13. The Balaban J connectivity index is 1.07. The topological polar surface area (TPSA) is 31.6 Å². The molecule has 0 saturated heterocycles. The Morgan fingerprint density at radius 2 is 0.883 bits per heavy atom. The van der Waals surface area contributed by atoms with Crippen molar-refractivity contribution in [3.05, 3.63) is 231 Å². The van der Waals surface area contributed by atoms with Crippen LogP contribution in [-0.4, -0.2) is 9.67 Å². The average molecular weight is 770 g/mol. The van der Waals surface area contributed by atoms with Crippen molar-refractivity contribution in [2.75, 3.05) is 9.80 Å². The summed E-state index contributed by atoms with van der Waals surface area (Å²) in [5.41, 5.74) is 11.2. The molecule has 10 aromatic carbocycles. The molecule has 0 spiro atoms. The number of aromatic nitrogens is 1. The van der Waals surface area contributed by atoms with E-state index in [2.05, 4.69) is 208 Å². The van der Waals surface area contributed by atoms with E-state index >= 15 is 0 Å². The van der Waals surface area contributed by atoms with Crippen LogP contribution in [0.25, 0.3) is 60.2 Å². The van der Waals surface area contributed by atoms with Gasteiger partial charge in [-0.3, -0.25) is 0 Å². The third-order valence-electron chi connectivity index (χ3n) is 11.6. The monoisotopic (exact) mass is 769 g/mol. The Bertz CT molecular complexity index is 3320. The summed E-state index contributed by atoms with van der Waals surface area (Å²) >= 11 is 0. The molecule has 0 aliphatic rings. The Kier molecular flexibility index (Phi) is 8.60. The second kappa shape index (κ2) is 14.7. The molecule has 0 amide bonds. The third-order valence-corrected chi connectivity index (χ3v) is 11.6. The van der Waals surface area contributed by atoms with Crippen LogP contribution in [-0.2, 0) is 0 Å². The van der Waals surface area contributed by atoms with E-state index in [0.29, 0.717) is 5.69 Å². The molecule has 60 heavy (non-hydrogen) atoms. The van der Waals surface area contributed by atoms with Crippen LogP contribution < -0.4 is 9.80 Å². The number of phenols is 1. The maximum absolute atomic E-state index is 11.8. The van der Waals surface area contributed by atoms with Gasteiger partial charge in [0.2, 0.25) is 0 Å². The number of para-hydroxylation sites is 3. The number of nitrogens with zero attached hydrogens (tertiary/aromatic N) is 3. The molecule has 4 heteroatoms. The number of hydrogen-bond acceptors (Lipinski definition) is 3. The van der Waals surface area contributed by atoms with Gasteiger partial charge in [0.15, 0.2) is 0 Å². The molecule has 0 radical (unpaired) electrons. The molecule has 0 aliphatic heterocycles. The highest BCUT2D eigenvalue weighted by Crippen LogP contribution is 2.46. The molecular weight excluding hydrogens is 731 g/mol. The van der Waals surface area contributed by atoms with Gasteiger partial charge < -0.3 is 19.5 Å². The van der Waals surface area contributed by atoms with Crippen LogP contribution in [0, 0.1) is 0 Å². The van der Waals surface area contributed by atoms with Crippen molar-refractivity contribution in [3.63, 3.8) is 0 Å². The van der Waals surface area contributed by atoms with Crippen LogP contribution >= 0.6 is 0 Å². The van der Waals surface area contributed by atoms with Crippen molar-refractivity contribution in [2.45, 2.75) is 0 Å². The quantitative estimate of drug-likeness (QED) is 0.167. The van der Waals surface area contributed by atoms with Gasteiger partial charge in [0.1, 0.15) is 5.75 Å². The van der Waals surface area contributed by atoms with E-state index in [1.54, 1.807) is 0 Å². The minimum atomic E-state index is 0.183. The standard InChI is InChI=1S/C56H39N3O/c60-55-35-32-49(38-54(55)58(45-19-6-2-7-20-45)47-29-26-40(27-30-47)43-25-24-39-14-10-11-16-42(39)36-43)57(44-17-4-1-5-18-44)48-31-34-53-52(37-48)51-33-28-41-15-12-13-23-50(41)56(51)59(53)46-21-8-3-9-22-46/h1-38,60H. The van der Waals surface area contributed by atoms with Gasteiger partial charge in [0.05, 0.1) is 16.7 Å². The van der Waals surface area contributed by atoms with E-state index in [9.17, 15) is 5.11 Å². The molecule has 284 valence electrons.